The largest absolute Gasteiger partial charge is 0.0986 e. The zero-order valence-corrected chi connectivity index (χ0v) is 9.89. The van der Waals surface area contributed by atoms with Crippen molar-refractivity contribution < 1.29 is 0 Å². The van der Waals surface area contributed by atoms with Crippen LogP contribution in [0.15, 0.2) is 72.8 Å². The van der Waals surface area contributed by atoms with Crippen molar-refractivity contribution in [1.82, 2.24) is 0 Å². The molecule has 3 rings (SSSR count). The number of hydrogen-bond donors (Lipinski definition) is 0. The Kier molecular flexibility index (Phi) is 2.36. The molecule has 0 atom stereocenters. The highest BCUT2D eigenvalue weighted by Gasteiger charge is 2.43. The molecular weight excluding hydrogens is 204 g/mol. The standard InChI is InChI=1S/C17H16/c1-14-12-13-17(14,15-8-4-2-5-9-15)16-10-6-3-7-11-16/h2-11H,1,12-13H2. The second-order valence-corrected chi connectivity index (χ2v) is 4.74. The molecule has 0 amide bonds. The first-order chi connectivity index (χ1) is 8.34. The lowest BCUT2D eigenvalue weighted by Crippen LogP contribution is -2.37. The minimum Gasteiger partial charge on any atom is -0.0986 e. The van der Waals surface area contributed by atoms with E-state index in [0.29, 0.717) is 0 Å². The minimum atomic E-state index is 0.0719. The van der Waals surface area contributed by atoms with Crippen molar-refractivity contribution in [2.75, 3.05) is 0 Å². The van der Waals surface area contributed by atoms with Crippen LogP contribution in [-0.2, 0) is 5.41 Å². The average molecular weight is 220 g/mol. The van der Waals surface area contributed by atoms with Crippen LogP contribution in [0.3, 0.4) is 0 Å². The molecule has 0 aliphatic heterocycles. The third kappa shape index (κ3) is 1.44. The van der Waals surface area contributed by atoms with Gasteiger partial charge in [-0.15, -0.1) is 0 Å². The fraction of sp³-hybridized carbons (Fsp3) is 0.176. The molecule has 2 aromatic rings. The van der Waals surface area contributed by atoms with Crippen LogP contribution in [0.1, 0.15) is 24.0 Å². The van der Waals surface area contributed by atoms with Gasteiger partial charge in [0.1, 0.15) is 0 Å². The zero-order valence-electron chi connectivity index (χ0n) is 9.89. The van der Waals surface area contributed by atoms with Gasteiger partial charge in [-0.1, -0.05) is 72.8 Å². The van der Waals surface area contributed by atoms with Crippen LogP contribution in [-0.4, -0.2) is 0 Å². The first-order valence-corrected chi connectivity index (χ1v) is 6.13. The molecule has 1 aliphatic rings. The quantitative estimate of drug-likeness (QED) is 0.661. The van der Waals surface area contributed by atoms with Crippen LogP contribution in [0, 0.1) is 0 Å². The highest BCUT2D eigenvalue weighted by Crippen LogP contribution is 2.52. The number of hydrogen-bond acceptors (Lipinski definition) is 0. The lowest BCUT2D eigenvalue weighted by Gasteiger charge is -2.45. The number of rotatable bonds is 2. The summed E-state index contributed by atoms with van der Waals surface area (Å²) in [7, 11) is 0. The summed E-state index contributed by atoms with van der Waals surface area (Å²) in [5, 5.41) is 0. The molecule has 1 saturated carbocycles. The van der Waals surface area contributed by atoms with Gasteiger partial charge in [-0.2, -0.15) is 0 Å². The molecule has 0 unspecified atom stereocenters. The van der Waals surface area contributed by atoms with E-state index in [1.807, 2.05) is 0 Å². The van der Waals surface area contributed by atoms with Gasteiger partial charge in [-0.05, 0) is 24.0 Å². The molecule has 0 radical (unpaired) electrons. The van der Waals surface area contributed by atoms with E-state index in [9.17, 15) is 0 Å². The summed E-state index contributed by atoms with van der Waals surface area (Å²) in [4.78, 5) is 0. The maximum Gasteiger partial charge on any atom is 0.0411 e. The molecule has 0 saturated heterocycles. The molecule has 0 nitrogen and oxygen atoms in total. The van der Waals surface area contributed by atoms with Gasteiger partial charge in [0.2, 0.25) is 0 Å². The van der Waals surface area contributed by atoms with Crippen LogP contribution in [0.5, 0.6) is 0 Å². The van der Waals surface area contributed by atoms with Crippen LogP contribution in [0.4, 0.5) is 0 Å². The lowest BCUT2D eigenvalue weighted by molar-refractivity contribution is 0.431. The second-order valence-electron chi connectivity index (χ2n) is 4.74. The van der Waals surface area contributed by atoms with E-state index in [1.54, 1.807) is 0 Å². The predicted octanol–water partition coefficient (Wildman–Crippen LogP) is 4.32. The van der Waals surface area contributed by atoms with E-state index in [2.05, 4.69) is 67.2 Å². The lowest BCUT2D eigenvalue weighted by atomic mass is 9.58. The topological polar surface area (TPSA) is 0 Å². The fourth-order valence-corrected chi connectivity index (χ4v) is 2.86. The van der Waals surface area contributed by atoms with Crippen LogP contribution in [0.25, 0.3) is 0 Å². The van der Waals surface area contributed by atoms with E-state index in [1.165, 1.54) is 23.1 Å². The number of allylic oxidation sites excluding steroid dienone is 1. The van der Waals surface area contributed by atoms with Gasteiger partial charge in [0, 0.05) is 5.41 Å². The van der Waals surface area contributed by atoms with Crippen molar-refractivity contribution in [3.8, 4) is 0 Å². The van der Waals surface area contributed by atoms with Gasteiger partial charge >= 0.3 is 0 Å². The third-order valence-corrected chi connectivity index (χ3v) is 3.94. The highest BCUT2D eigenvalue weighted by atomic mass is 14.5. The second kappa shape index (κ2) is 3.89. The smallest absolute Gasteiger partial charge is 0.0411 e. The van der Waals surface area contributed by atoms with Gasteiger partial charge in [0.25, 0.3) is 0 Å². The van der Waals surface area contributed by atoms with E-state index < -0.39 is 0 Å². The van der Waals surface area contributed by atoms with Gasteiger partial charge in [0.15, 0.2) is 0 Å². The van der Waals surface area contributed by atoms with Crippen molar-refractivity contribution in [1.29, 1.82) is 0 Å². The highest BCUT2D eigenvalue weighted by molar-refractivity contribution is 5.52. The summed E-state index contributed by atoms with van der Waals surface area (Å²) in [5.74, 6) is 0. The Morgan fingerprint density at radius 2 is 1.24 bits per heavy atom. The van der Waals surface area contributed by atoms with E-state index in [4.69, 9.17) is 0 Å². The van der Waals surface area contributed by atoms with Gasteiger partial charge in [0.05, 0.1) is 0 Å². The van der Waals surface area contributed by atoms with E-state index >= 15 is 0 Å². The Labute approximate surface area is 103 Å². The normalized spacial score (nSPS) is 17.5. The van der Waals surface area contributed by atoms with Crippen molar-refractivity contribution in [2.45, 2.75) is 18.3 Å². The monoisotopic (exact) mass is 220 g/mol. The molecule has 0 heteroatoms. The zero-order chi connectivity index (χ0) is 11.7. The molecule has 1 fully saturated rings. The van der Waals surface area contributed by atoms with Gasteiger partial charge in [-0.3, -0.25) is 0 Å². The van der Waals surface area contributed by atoms with Crippen LogP contribution in [0.2, 0.25) is 0 Å². The summed E-state index contributed by atoms with van der Waals surface area (Å²) < 4.78 is 0. The molecule has 0 bridgehead atoms. The molecule has 0 heterocycles. The molecule has 0 spiro atoms. The Bertz CT molecular complexity index is 483. The third-order valence-electron chi connectivity index (χ3n) is 3.94. The predicted molar refractivity (Wildman–Crippen MR) is 72.0 cm³/mol. The Morgan fingerprint density at radius 3 is 1.53 bits per heavy atom. The average Bonchev–Trinajstić information content (AvgIpc) is 2.40. The van der Waals surface area contributed by atoms with Crippen molar-refractivity contribution in [3.05, 3.63) is 83.9 Å². The summed E-state index contributed by atoms with van der Waals surface area (Å²) in [6.07, 6.45) is 2.32. The Hall–Kier alpha value is -1.82. The molecular formula is C17H16. The first-order valence-electron chi connectivity index (χ1n) is 6.13. The molecule has 1 aliphatic carbocycles. The van der Waals surface area contributed by atoms with E-state index in [-0.39, 0.29) is 5.41 Å². The maximum absolute atomic E-state index is 4.27. The Balaban J connectivity index is 2.16. The minimum absolute atomic E-state index is 0.0719. The number of benzene rings is 2. The Morgan fingerprint density at radius 1 is 0.765 bits per heavy atom. The molecule has 84 valence electrons. The van der Waals surface area contributed by atoms with Gasteiger partial charge < -0.3 is 0 Å². The summed E-state index contributed by atoms with van der Waals surface area (Å²) >= 11 is 0. The van der Waals surface area contributed by atoms with Crippen LogP contribution >= 0.6 is 0 Å². The van der Waals surface area contributed by atoms with Crippen molar-refractivity contribution in [2.24, 2.45) is 0 Å². The van der Waals surface area contributed by atoms with Crippen molar-refractivity contribution >= 4 is 0 Å². The molecule has 0 aromatic heterocycles. The summed E-state index contributed by atoms with van der Waals surface area (Å²) in [6, 6.07) is 21.5. The molecule has 17 heavy (non-hydrogen) atoms. The first kappa shape index (κ1) is 10.3. The van der Waals surface area contributed by atoms with Crippen LogP contribution < -0.4 is 0 Å². The SMILES string of the molecule is C=C1CCC1(c1ccccc1)c1ccccc1. The van der Waals surface area contributed by atoms with Crippen molar-refractivity contribution in [3.63, 3.8) is 0 Å². The van der Waals surface area contributed by atoms with E-state index in [0.717, 1.165) is 6.42 Å². The molecule has 2 aromatic carbocycles. The summed E-state index contributed by atoms with van der Waals surface area (Å²) in [6.45, 7) is 4.27. The van der Waals surface area contributed by atoms with Gasteiger partial charge in [-0.25, -0.2) is 0 Å². The summed E-state index contributed by atoms with van der Waals surface area (Å²) in [5.41, 5.74) is 4.17. The fourth-order valence-electron chi connectivity index (χ4n) is 2.86. The maximum atomic E-state index is 4.27. The molecule has 0 N–H and O–H groups in total.